The van der Waals surface area contributed by atoms with Crippen molar-refractivity contribution >= 4 is 57.6 Å². The normalized spacial score (nSPS) is 11.3. The standard InChI is InChI=1S/C20H14ClN3OS/c21-15-11-12-26-19(15)20(25)22-16-7-3-1-5-13(16)9-10-18-14-6-2-4-8-17(14)23-24-18/h1-12H,(H,22,25)(H,23,24)/b10-9+. The van der Waals surface area contributed by atoms with Gasteiger partial charge in [0.15, 0.2) is 0 Å². The van der Waals surface area contributed by atoms with Crippen molar-refractivity contribution in [1.29, 1.82) is 0 Å². The van der Waals surface area contributed by atoms with Crippen molar-refractivity contribution in [2.45, 2.75) is 0 Å². The van der Waals surface area contributed by atoms with Crippen LogP contribution in [0.5, 0.6) is 0 Å². The average molecular weight is 380 g/mol. The van der Waals surface area contributed by atoms with Crippen LogP contribution in [0.1, 0.15) is 20.9 Å². The van der Waals surface area contributed by atoms with Crippen molar-refractivity contribution in [3.05, 3.63) is 81.1 Å². The van der Waals surface area contributed by atoms with Gasteiger partial charge in [-0.15, -0.1) is 11.3 Å². The number of H-pyrrole nitrogens is 1. The Morgan fingerprint density at radius 2 is 1.88 bits per heavy atom. The van der Waals surface area contributed by atoms with E-state index in [1.807, 2.05) is 60.7 Å². The Kier molecular flexibility index (Phi) is 4.56. The summed E-state index contributed by atoms with van der Waals surface area (Å²) >= 11 is 7.37. The summed E-state index contributed by atoms with van der Waals surface area (Å²) in [6.07, 6.45) is 3.87. The molecule has 0 bridgehead atoms. The Morgan fingerprint density at radius 3 is 2.73 bits per heavy atom. The Bertz CT molecular complexity index is 1110. The fourth-order valence-electron chi connectivity index (χ4n) is 2.67. The quantitative estimate of drug-likeness (QED) is 0.477. The van der Waals surface area contributed by atoms with Crippen LogP contribution in [0.2, 0.25) is 5.02 Å². The monoisotopic (exact) mass is 379 g/mol. The first kappa shape index (κ1) is 16.6. The number of hydrogen-bond acceptors (Lipinski definition) is 3. The van der Waals surface area contributed by atoms with Gasteiger partial charge in [0.25, 0.3) is 5.91 Å². The molecule has 4 nitrogen and oxygen atoms in total. The van der Waals surface area contributed by atoms with E-state index in [-0.39, 0.29) is 5.91 Å². The predicted molar refractivity (Wildman–Crippen MR) is 109 cm³/mol. The maximum absolute atomic E-state index is 12.4. The maximum atomic E-state index is 12.4. The van der Waals surface area contributed by atoms with Gasteiger partial charge in [-0.05, 0) is 35.2 Å². The molecule has 0 saturated heterocycles. The lowest BCUT2D eigenvalue weighted by Crippen LogP contribution is -2.11. The highest BCUT2D eigenvalue weighted by Gasteiger charge is 2.13. The number of fused-ring (bicyclic) bond motifs is 1. The van der Waals surface area contributed by atoms with Crippen LogP contribution in [0.15, 0.2) is 60.0 Å². The zero-order valence-electron chi connectivity index (χ0n) is 13.6. The molecule has 4 aromatic rings. The molecule has 2 N–H and O–H groups in total. The van der Waals surface area contributed by atoms with Crippen molar-refractivity contribution in [2.24, 2.45) is 0 Å². The summed E-state index contributed by atoms with van der Waals surface area (Å²) in [5.41, 5.74) is 3.45. The molecule has 0 aliphatic heterocycles. The van der Waals surface area contributed by atoms with E-state index in [1.165, 1.54) is 11.3 Å². The first-order valence-electron chi connectivity index (χ1n) is 7.97. The predicted octanol–water partition coefficient (Wildman–Crippen LogP) is 5.70. The van der Waals surface area contributed by atoms with Crippen molar-refractivity contribution in [3.8, 4) is 0 Å². The number of aromatic nitrogens is 2. The van der Waals surface area contributed by atoms with Crippen molar-refractivity contribution in [3.63, 3.8) is 0 Å². The molecular formula is C20H14ClN3OS. The van der Waals surface area contributed by atoms with Crippen LogP contribution in [0, 0.1) is 0 Å². The molecule has 0 fully saturated rings. The van der Waals surface area contributed by atoms with Crippen LogP contribution in [-0.4, -0.2) is 16.1 Å². The van der Waals surface area contributed by atoms with Gasteiger partial charge in [0.2, 0.25) is 0 Å². The number of carbonyl (C=O) groups excluding carboxylic acids is 1. The minimum absolute atomic E-state index is 0.212. The molecule has 0 atom stereocenters. The van der Waals surface area contributed by atoms with E-state index >= 15 is 0 Å². The molecule has 4 rings (SSSR count). The van der Waals surface area contributed by atoms with E-state index in [9.17, 15) is 4.79 Å². The Morgan fingerprint density at radius 1 is 1.08 bits per heavy atom. The maximum Gasteiger partial charge on any atom is 0.267 e. The number of anilines is 1. The highest BCUT2D eigenvalue weighted by Crippen LogP contribution is 2.25. The molecule has 0 aliphatic rings. The lowest BCUT2D eigenvalue weighted by Gasteiger charge is -2.07. The number of thiophene rings is 1. The second-order valence-corrected chi connectivity index (χ2v) is 6.95. The summed E-state index contributed by atoms with van der Waals surface area (Å²) < 4.78 is 0. The summed E-state index contributed by atoms with van der Waals surface area (Å²) in [5, 5.41) is 13.6. The molecule has 0 radical (unpaired) electrons. The minimum atomic E-state index is -0.212. The third-order valence-corrected chi connectivity index (χ3v) is 5.29. The topological polar surface area (TPSA) is 57.8 Å². The summed E-state index contributed by atoms with van der Waals surface area (Å²) in [6.45, 7) is 0. The third kappa shape index (κ3) is 3.27. The lowest BCUT2D eigenvalue weighted by molar-refractivity contribution is 0.103. The summed E-state index contributed by atoms with van der Waals surface area (Å²) in [7, 11) is 0. The Hall–Kier alpha value is -2.89. The average Bonchev–Trinajstić information content (AvgIpc) is 3.27. The number of amides is 1. The van der Waals surface area contributed by atoms with Crippen molar-refractivity contribution in [1.82, 2.24) is 10.2 Å². The second-order valence-electron chi connectivity index (χ2n) is 5.63. The van der Waals surface area contributed by atoms with Gasteiger partial charge < -0.3 is 5.32 Å². The molecule has 1 amide bonds. The van der Waals surface area contributed by atoms with Crippen LogP contribution >= 0.6 is 22.9 Å². The molecule has 0 unspecified atom stereocenters. The number of benzene rings is 2. The highest BCUT2D eigenvalue weighted by molar-refractivity contribution is 7.12. The molecule has 0 spiro atoms. The van der Waals surface area contributed by atoms with E-state index in [4.69, 9.17) is 11.6 Å². The smallest absolute Gasteiger partial charge is 0.267 e. The Balaban J connectivity index is 1.62. The molecule has 0 saturated carbocycles. The fraction of sp³-hybridized carbons (Fsp3) is 0. The van der Waals surface area contributed by atoms with Gasteiger partial charge >= 0.3 is 0 Å². The number of para-hydroxylation sites is 2. The third-order valence-electron chi connectivity index (χ3n) is 3.95. The van der Waals surface area contributed by atoms with Crippen LogP contribution in [0.3, 0.4) is 0 Å². The first-order chi connectivity index (χ1) is 12.7. The molecule has 6 heteroatoms. The molecule has 2 aromatic heterocycles. The van der Waals surface area contributed by atoms with Gasteiger partial charge in [0.1, 0.15) is 4.88 Å². The van der Waals surface area contributed by atoms with E-state index in [2.05, 4.69) is 15.5 Å². The van der Waals surface area contributed by atoms with Gasteiger partial charge in [0.05, 0.1) is 16.2 Å². The van der Waals surface area contributed by atoms with Crippen molar-refractivity contribution in [2.75, 3.05) is 5.32 Å². The zero-order valence-corrected chi connectivity index (χ0v) is 15.1. The van der Waals surface area contributed by atoms with Gasteiger partial charge in [-0.25, -0.2) is 0 Å². The number of nitrogens with one attached hydrogen (secondary N) is 2. The molecule has 2 heterocycles. The first-order valence-corrected chi connectivity index (χ1v) is 9.23. The highest BCUT2D eigenvalue weighted by atomic mass is 35.5. The summed E-state index contributed by atoms with van der Waals surface area (Å²) in [6, 6.07) is 17.3. The SMILES string of the molecule is O=C(Nc1ccccc1/C=C/c1n[nH]c2ccccc12)c1sccc1Cl. The number of aromatic amines is 1. The molecule has 2 aromatic carbocycles. The summed E-state index contributed by atoms with van der Waals surface area (Å²) in [4.78, 5) is 12.9. The van der Waals surface area contributed by atoms with Crippen LogP contribution in [0.25, 0.3) is 23.1 Å². The number of rotatable bonds is 4. The number of halogens is 1. The van der Waals surface area contributed by atoms with E-state index < -0.39 is 0 Å². The van der Waals surface area contributed by atoms with Crippen LogP contribution in [-0.2, 0) is 0 Å². The number of carbonyl (C=O) groups is 1. The summed E-state index contributed by atoms with van der Waals surface area (Å²) in [5.74, 6) is -0.212. The Labute approximate surface area is 159 Å². The lowest BCUT2D eigenvalue weighted by atomic mass is 10.1. The molecule has 0 aliphatic carbocycles. The molecule has 128 valence electrons. The van der Waals surface area contributed by atoms with E-state index in [0.717, 1.165) is 27.8 Å². The number of hydrogen-bond donors (Lipinski definition) is 2. The number of nitrogens with zero attached hydrogens (tertiary/aromatic N) is 1. The second kappa shape index (κ2) is 7.15. The van der Waals surface area contributed by atoms with Crippen LogP contribution < -0.4 is 5.32 Å². The molecular weight excluding hydrogens is 366 g/mol. The van der Waals surface area contributed by atoms with E-state index in [1.54, 1.807) is 11.4 Å². The van der Waals surface area contributed by atoms with Crippen LogP contribution in [0.4, 0.5) is 5.69 Å². The van der Waals surface area contributed by atoms with Gasteiger partial charge in [-0.1, -0.05) is 54.1 Å². The van der Waals surface area contributed by atoms with Gasteiger partial charge in [0, 0.05) is 11.1 Å². The van der Waals surface area contributed by atoms with Crippen molar-refractivity contribution < 1.29 is 4.79 Å². The molecule has 26 heavy (non-hydrogen) atoms. The minimum Gasteiger partial charge on any atom is -0.321 e. The zero-order chi connectivity index (χ0) is 17.9. The van der Waals surface area contributed by atoms with Gasteiger partial charge in [-0.2, -0.15) is 5.10 Å². The fourth-order valence-corrected chi connectivity index (χ4v) is 3.71. The largest absolute Gasteiger partial charge is 0.321 e. The van der Waals surface area contributed by atoms with Gasteiger partial charge in [-0.3, -0.25) is 9.89 Å². The van der Waals surface area contributed by atoms with E-state index in [0.29, 0.717) is 9.90 Å².